The normalized spacial score (nSPS) is 10.7. The van der Waals surface area contributed by atoms with E-state index in [0.717, 1.165) is 41.5 Å². The molecule has 3 aromatic rings. The van der Waals surface area contributed by atoms with Crippen LogP contribution in [-0.4, -0.2) is 31.9 Å². The van der Waals surface area contributed by atoms with Gasteiger partial charge in [-0.15, -0.1) is 0 Å². The van der Waals surface area contributed by atoms with Crippen molar-refractivity contribution in [1.29, 1.82) is 0 Å². The van der Waals surface area contributed by atoms with Crippen LogP contribution in [0, 0.1) is 30.6 Å². The second-order valence-corrected chi connectivity index (χ2v) is 10.5. The van der Waals surface area contributed by atoms with Gasteiger partial charge in [0.2, 0.25) is 0 Å². The maximum atomic E-state index is 11.1. The van der Waals surface area contributed by atoms with Crippen LogP contribution in [0.4, 0.5) is 0 Å². The van der Waals surface area contributed by atoms with Crippen molar-refractivity contribution in [3.8, 4) is 29.4 Å². The summed E-state index contributed by atoms with van der Waals surface area (Å²) in [6.45, 7) is 6.78. The Morgan fingerprint density at radius 1 is 0.816 bits per heavy atom. The Balaban J connectivity index is 2.00. The van der Waals surface area contributed by atoms with E-state index in [0.29, 0.717) is 23.5 Å². The van der Waals surface area contributed by atoms with Crippen molar-refractivity contribution in [2.24, 2.45) is 0 Å². The van der Waals surface area contributed by atoms with Crippen molar-refractivity contribution in [3.05, 3.63) is 99.6 Å². The van der Waals surface area contributed by atoms with Gasteiger partial charge in [0, 0.05) is 16.7 Å². The second kappa shape index (κ2) is 14.4. The Hall–Kier alpha value is -3.55. The first-order chi connectivity index (χ1) is 18.3. The first-order valence-corrected chi connectivity index (χ1v) is 14.4. The van der Waals surface area contributed by atoms with Crippen molar-refractivity contribution in [2.75, 3.05) is 19.0 Å². The Labute approximate surface area is 227 Å². The minimum atomic E-state index is -4.11. The van der Waals surface area contributed by atoms with Crippen molar-refractivity contribution in [3.63, 3.8) is 0 Å². The highest BCUT2D eigenvalue weighted by atomic mass is 32.2. The molecule has 3 rings (SSSR count). The zero-order valence-electron chi connectivity index (χ0n) is 22.2. The Morgan fingerprint density at radius 2 is 1.45 bits per heavy atom. The lowest BCUT2D eigenvalue weighted by Crippen LogP contribution is -2.11. The molecule has 0 spiro atoms. The SMILES string of the molecule is CCCCOc1cc(C#Cc2ccc(C)cc2)c(COCCS(=O)(=O)O)cc1C#Cc1ccc(CC)cc1. The molecule has 0 aliphatic heterocycles. The molecule has 198 valence electrons. The average molecular weight is 531 g/mol. The lowest BCUT2D eigenvalue weighted by atomic mass is 10.0. The summed E-state index contributed by atoms with van der Waals surface area (Å²) in [5.74, 6) is 13.0. The van der Waals surface area contributed by atoms with Gasteiger partial charge in [0.05, 0.1) is 31.1 Å². The molecule has 6 heteroatoms. The highest BCUT2D eigenvalue weighted by Gasteiger charge is 2.11. The number of aryl methyl sites for hydroxylation is 2. The quantitative estimate of drug-likeness (QED) is 0.200. The van der Waals surface area contributed by atoms with E-state index in [1.807, 2.05) is 55.5 Å². The van der Waals surface area contributed by atoms with E-state index in [9.17, 15) is 8.42 Å². The molecule has 0 aromatic heterocycles. The predicted octanol–water partition coefficient (Wildman–Crippen LogP) is 5.94. The van der Waals surface area contributed by atoms with E-state index in [1.165, 1.54) is 5.56 Å². The zero-order valence-corrected chi connectivity index (χ0v) is 23.0. The maximum Gasteiger partial charge on any atom is 0.267 e. The molecular weight excluding hydrogens is 496 g/mol. The molecule has 0 aliphatic carbocycles. The molecule has 0 unspecified atom stereocenters. The fourth-order valence-electron chi connectivity index (χ4n) is 3.49. The van der Waals surface area contributed by atoms with Gasteiger partial charge in [-0.05, 0) is 67.3 Å². The van der Waals surface area contributed by atoms with E-state index < -0.39 is 15.9 Å². The van der Waals surface area contributed by atoms with Crippen molar-refractivity contribution < 1.29 is 22.4 Å². The van der Waals surface area contributed by atoms with Crippen LogP contribution >= 0.6 is 0 Å². The van der Waals surface area contributed by atoms with E-state index in [4.69, 9.17) is 14.0 Å². The van der Waals surface area contributed by atoms with E-state index >= 15 is 0 Å². The minimum absolute atomic E-state index is 0.114. The van der Waals surface area contributed by atoms with Gasteiger partial charge in [0.15, 0.2) is 0 Å². The standard InChI is InChI=1S/C32H34O5S/c1-4-6-19-37-32-23-29(17-15-27-9-7-25(3)8-10-27)31(24-36-20-21-38(33,34)35)22-30(32)18-16-28-13-11-26(5-2)12-14-28/h7-14,22-23H,4-6,19-21,24H2,1-3H3,(H,33,34,35). The Morgan fingerprint density at radius 3 is 2.05 bits per heavy atom. The van der Waals surface area contributed by atoms with Crippen LogP contribution < -0.4 is 4.74 Å². The molecule has 0 saturated heterocycles. The summed E-state index contributed by atoms with van der Waals surface area (Å²) in [6, 6.07) is 19.9. The average Bonchev–Trinajstić information content (AvgIpc) is 2.90. The Bertz CT molecular complexity index is 1430. The van der Waals surface area contributed by atoms with E-state index in [2.05, 4.69) is 49.7 Å². The second-order valence-electron chi connectivity index (χ2n) is 8.96. The van der Waals surface area contributed by atoms with Gasteiger partial charge in [-0.25, -0.2) is 0 Å². The minimum Gasteiger partial charge on any atom is -0.492 e. The number of rotatable bonds is 10. The molecule has 0 aliphatic rings. The topological polar surface area (TPSA) is 72.8 Å². The highest BCUT2D eigenvalue weighted by molar-refractivity contribution is 7.85. The smallest absolute Gasteiger partial charge is 0.267 e. The molecule has 0 atom stereocenters. The summed E-state index contributed by atoms with van der Waals surface area (Å²) < 4.78 is 42.9. The summed E-state index contributed by atoms with van der Waals surface area (Å²) in [7, 11) is -4.11. The molecule has 0 bridgehead atoms. The highest BCUT2D eigenvalue weighted by Crippen LogP contribution is 2.25. The molecule has 0 heterocycles. The molecule has 38 heavy (non-hydrogen) atoms. The van der Waals surface area contributed by atoms with Crippen molar-refractivity contribution in [1.82, 2.24) is 0 Å². The van der Waals surface area contributed by atoms with Crippen LogP contribution in [0.1, 0.15) is 65.6 Å². The predicted molar refractivity (Wildman–Crippen MR) is 152 cm³/mol. The van der Waals surface area contributed by atoms with Gasteiger partial charge in [0.1, 0.15) is 5.75 Å². The third-order valence-electron chi connectivity index (χ3n) is 5.80. The lowest BCUT2D eigenvalue weighted by Gasteiger charge is -2.13. The molecule has 1 N–H and O–H groups in total. The van der Waals surface area contributed by atoms with Gasteiger partial charge < -0.3 is 9.47 Å². The third-order valence-corrected chi connectivity index (χ3v) is 6.48. The van der Waals surface area contributed by atoms with Crippen LogP contribution in [0.15, 0.2) is 60.7 Å². The fraction of sp³-hybridized carbons (Fsp3) is 0.312. The first kappa shape index (κ1) is 29.0. The summed E-state index contributed by atoms with van der Waals surface area (Å²) in [4.78, 5) is 0. The fourth-order valence-corrected chi connectivity index (χ4v) is 3.82. The summed E-state index contributed by atoms with van der Waals surface area (Å²) >= 11 is 0. The summed E-state index contributed by atoms with van der Waals surface area (Å²) in [5.41, 5.74) is 6.35. The monoisotopic (exact) mass is 530 g/mol. The van der Waals surface area contributed by atoms with Crippen molar-refractivity contribution >= 4 is 10.1 Å². The summed E-state index contributed by atoms with van der Waals surface area (Å²) in [5, 5.41) is 0. The van der Waals surface area contributed by atoms with Crippen molar-refractivity contribution in [2.45, 2.75) is 46.6 Å². The first-order valence-electron chi connectivity index (χ1n) is 12.8. The van der Waals surface area contributed by atoms with Crippen LogP contribution in [-0.2, 0) is 27.9 Å². The number of hydrogen-bond acceptors (Lipinski definition) is 4. The van der Waals surface area contributed by atoms with Gasteiger partial charge in [-0.1, -0.05) is 73.8 Å². The number of benzene rings is 3. The number of unbranched alkanes of at least 4 members (excludes halogenated alkanes) is 1. The number of ether oxygens (including phenoxy) is 2. The van der Waals surface area contributed by atoms with Gasteiger partial charge in [0.25, 0.3) is 10.1 Å². The maximum absolute atomic E-state index is 11.1. The van der Waals surface area contributed by atoms with Gasteiger partial charge in [-0.3, -0.25) is 4.55 Å². The van der Waals surface area contributed by atoms with Crippen LogP contribution in [0.3, 0.4) is 0 Å². The zero-order chi connectivity index (χ0) is 27.4. The van der Waals surface area contributed by atoms with E-state index in [1.54, 1.807) is 0 Å². The van der Waals surface area contributed by atoms with Gasteiger partial charge in [-0.2, -0.15) is 8.42 Å². The lowest BCUT2D eigenvalue weighted by molar-refractivity contribution is 0.134. The third kappa shape index (κ3) is 9.72. The largest absolute Gasteiger partial charge is 0.492 e. The van der Waals surface area contributed by atoms with Crippen LogP contribution in [0.5, 0.6) is 5.75 Å². The van der Waals surface area contributed by atoms with Crippen LogP contribution in [0.25, 0.3) is 0 Å². The molecule has 0 amide bonds. The van der Waals surface area contributed by atoms with E-state index in [-0.39, 0.29) is 13.2 Å². The van der Waals surface area contributed by atoms with Crippen LogP contribution in [0.2, 0.25) is 0 Å². The molecule has 5 nitrogen and oxygen atoms in total. The Kier molecular flexibility index (Phi) is 11.0. The molecule has 0 radical (unpaired) electrons. The summed E-state index contributed by atoms with van der Waals surface area (Å²) in [6.07, 6.45) is 2.88. The number of hydrogen-bond donors (Lipinski definition) is 1. The molecular formula is C32H34O5S. The molecule has 3 aromatic carbocycles. The molecule has 0 fully saturated rings. The van der Waals surface area contributed by atoms with Gasteiger partial charge >= 0.3 is 0 Å². The molecule has 0 saturated carbocycles.